The van der Waals surface area contributed by atoms with Crippen LogP contribution in [-0.4, -0.2) is 30.9 Å². The third-order valence-electron chi connectivity index (χ3n) is 2.06. The van der Waals surface area contributed by atoms with Crippen molar-refractivity contribution in [3.05, 3.63) is 0 Å². The molecule has 10 heavy (non-hydrogen) atoms. The predicted molar refractivity (Wildman–Crippen MR) is 42.1 cm³/mol. The van der Waals surface area contributed by atoms with Crippen LogP contribution in [0.25, 0.3) is 0 Å². The van der Waals surface area contributed by atoms with E-state index in [1.54, 1.807) is 0 Å². The van der Waals surface area contributed by atoms with E-state index in [1.165, 1.54) is 6.42 Å². The topological polar surface area (TPSA) is 53.1 Å². The summed E-state index contributed by atoms with van der Waals surface area (Å²) in [7, 11) is 2.08. The molecule has 1 heterocycles. The summed E-state index contributed by atoms with van der Waals surface area (Å²) in [5, 5.41) is 7.23. The second-order valence-electron chi connectivity index (χ2n) is 3.06. The Morgan fingerprint density at radius 1 is 1.70 bits per heavy atom. The van der Waals surface area contributed by atoms with Crippen molar-refractivity contribution in [3.8, 4) is 0 Å². The largest absolute Gasteiger partial charge is 0.387 e. The molecule has 1 aliphatic heterocycles. The van der Waals surface area contributed by atoms with Crippen molar-refractivity contribution in [3.63, 3.8) is 0 Å². The molecule has 0 aromatic rings. The zero-order chi connectivity index (χ0) is 7.56. The second-order valence-corrected chi connectivity index (χ2v) is 3.06. The summed E-state index contributed by atoms with van der Waals surface area (Å²) in [5.41, 5.74) is 5.39. The average molecular weight is 141 g/mol. The van der Waals surface area contributed by atoms with Crippen LogP contribution in [0.1, 0.15) is 12.8 Å². The number of hydrogen-bond acceptors (Lipinski definition) is 2. The fourth-order valence-electron chi connectivity index (χ4n) is 1.42. The summed E-state index contributed by atoms with van der Waals surface area (Å²) in [6, 6.07) is 0. The van der Waals surface area contributed by atoms with Crippen molar-refractivity contribution >= 4 is 5.84 Å². The van der Waals surface area contributed by atoms with Gasteiger partial charge >= 0.3 is 0 Å². The van der Waals surface area contributed by atoms with Crippen LogP contribution in [0.15, 0.2) is 0 Å². The summed E-state index contributed by atoms with van der Waals surface area (Å²) in [4.78, 5) is 2.23. The minimum Gasteiger partial charge on any atom is -0.387 e. The molecule has 1 atom stereocenters. The molecular formula is C7H15N3. The highest BCUT2D eigenvalue weighted by Gasteiger charge is 2.18. The lowest BCUT2D eigenvalue weighted by Crippen LogP contribution is -2.38. The van der Waals surface area contributed by atoms with Crippen LogP contribution in [0.3, 0.4) is 0 Å². The number of likely N-dealkylation sites (tertiary alicyclic amines) is 1. The lowest BCUT2D eigenvalue weighted by Gasteiger charge is -2.28. The Balaban J connectivity index is 2.39. The quantitative estimate of drug-likeness (QED) is 0.406. The van der Waals surface area contributed by atoms with Crippen LogP contribution in [-0.2, 0) is 0 Å². The number of amidine groups is 1. The van der Waals surface area contributed by atoms with Gasteiger partial charge in [-0.15, -0.1) is 0 Å². The van der Waals surface area contributed by atoms with E-state index in [0.717, 1.165) is 19.5 Å². The molecule has 1 saturated heterocycles. The Hall–Kier alpha value is -0.570. The molecule has 0 saturated carbocycles. The lowest BCUT2D eigenvalue weighted by molar-refractivity contribution is 0.245. The minimum atomic E-state index is 0.318. The predicted octanol–water partition coefficient (Wildman–Crippen LogP) is 0.264. The summed E-state index contributed by atoms with van der Waals surface area (Å²) in [5.74, 6) is 0.672. The summed E-state index contributed by atoms with van der Waals surface area (Å²) in [6.07, 6.45) is 2.28. The van der Waals surface area contributed by atoms with E-state index in [4.69, 9.17) is 11.1 Å². The van der Waals surface area contributed by atoms with Crippen molar-refractivity contribution in [2.24, 2.45) is 11.7 Å². The van der Waals surface area contributed by atoms with Crippen LogP contribution < -0.4 is 5.73 Å². The molecule has 0 aromatic carbocycles. The number of rotatable bonds is 1. The first-order chi connectivity index (χ1) is 4.70. The van der Waals surface area contributed by atoms with Crippen molar-refractivity contribution in [2.45, 2.75) is 12.8 Å². The van der Waals surface area contributed by atoms with E-state index in [2.05, 4.69) is 11.9 Å². The zero-order valence-electron chi connectivity index (χ0n) is 6.43. The highest BCUT2D eigenvalue weighted by molar-refractivity contribution is 5.79. The van der Waals surface area contributed by atoms with E-state index < -0.39 is 0 Å². The highest BCUT2D eigenvalue weighted by atomic mass is 15.1. The minimum absolute atomic E-state index is 0.318. The summed E-state index contributed by atoms with van der Waals surface area (Å²) < 4.78 is 0. The van der Waals surface area contributed by atoms with Gasteiger partial charge in [0.15, 0.2) is 0 Å². The Kier molecular flexibility index (Phi) is 2.27. The molecule has 0 bridgehead atoms. The molecule has 0 spiro atoms. The van der Waals surface area contributed by atoms with Crippen LogP contribution in [0.4, 0.5) is 0 Å². The zero-order valence-corrected chi connectivity index (χ0v) is 6.43. The van der Waals surface area contributed by atoms with E-state index in [-0.39, 0.29) is 0 Å². The monoisotopic (exact) mass is 141 g/mol. The molecule has 58 valence electrons. The fraction of sp³-hybridized carbons (Fsp3) is 0.857. The number of nitrogens with zero attached hydrogens (tertiary/aromatic N) is 1. The average Bonchev–Trinajstić information content (AvgIpc) is 1.88. The van der Waals surface area contributed by atoms with Gasteiger partial charge in [0.2, 0.25) is 0 Å². The molecule has 0 radical (unpaired) electrons. The van der Waals surface area contributed by atoms with Crippen molar-refractivity contribution in [1.82, 2.24) is 4.90 Å². The van der Waals surface area contributed by atoms with Gasteiger partial charge in [0.05, 0.1) is 5.84 Å². The standard InChI is InChI=1S/C7H15N3/c1-10-4-2-3-6(5-10)7(8)9/h6H,2-5H2,1H3,(H3,8,9)/t6-/m0/s1. The van der Waals surface area contributed by atoms with E-state index in [0.29, 0.717) is 11.8 Å². The molecule has 0 aliphatic carbocycles. The van der Waals surface area contributed by atoms with Crippen LogP contribution in [0, 0.1) is 11.3 Å². The molecule has 0 unspecified atom stereocenters. The van der Waals surface area contributed by atoms with Crippen molar-refractivity contribution < 1.29 is 0 Å². The number of hydrogen-bond donors (Lipinski definition) is 2. The maximum Gasteiger partial charge on any atom is 0.0949 e. The van der Waals surface area contributed by atoms with Gasteiger partial charge in [-0.05, 0) is 26.4 Å². The Bertz CT molecular complexity index is 133. The number of nitrogens with one attached hydrogen (secondary N) is 1. The molecule has 0 aromatic heterocycles. The first-order valence-electron chi connectivity index (χ1n) is 3.72. The van der Waals surface area contributed by atoms with Gasteiger partial charge in [-0.25, -0.2) is 0 Å². The first kappa shape index (κ1) is 7.54. The molecular weight excluding hydrogens is 126 g/mol. The molecule has 3 N–H and O–H groups in total. The van der Waals surface area contributed by atoms with Gasteiger partial charge < -0.3 is 10.6 Å². The van der Waals surface area contributed by atoms with Gasteiger partial charge in [0, 0.05) is 12.5 Å². The van der Waals surface area contributed by atoms with Crippen LogP contribution in [0.2, 0.25) is 0 Å². The van der Waals surface area contributed by atoms with Crippen molar-refractivity contribution in [1.29, 1.82) is 5.41 Å². The molecule has 0 amide bonds. The molecule has 3 heteroatoms. The molecule has 1 aliphatic rings. The lowest BCUT2D eigenvalue weighted by atomic mass is 9.98. The third-order valence-corrected chi connectivity index (χ3v) is 2.06. The molecule has 3 nitrogen and oxygen atoms in total. The molecule has 1 rings (SSSR count). The van der Waals surface area contributed by atoms with E-state index in [9.17, 15) is 0 Å². The summed E-state index contributed by atoms with van der Waals surface area (Å²) >= 11 is 0. The highest BCUT2D eigenvalue weighted by Crippen LogP contribution is 2.13. The number of piperidine rings is 1. The molecule has 1 fully saturated rings. The van der Waals surface area contributed by atoms with Gasteiger partial charge in [-0.2, -0.15) is 0 Å². The second kappa shape index (κ2) is 3.01. The normalized spacial score (nSPS) is 28.3. The smallest absolute Gasteiger partial charge is 0.0949 e. The first-order valence-corrected chi connectivity index (χ1v) is 3.72. The van der Waals surface area contributed by atoms with Gasteiger partial charge in [0.1, 0.15) is 0 Å². The van der Waals surface area contributed by atoms with E-state index in [1.807, 2.05) is 0 Å². The van der Waals surface area contributed by atoms with Crippen LogP contribution >= 0.6 is 0 Å². The summed E-state index contributed by atoms with van der Waals surface area (Å²) in [6.45, 7) is 2.12. The Morgan fingerprint density at radius 3 is 2.80 bits per heavy atom. The van der Waals surface area contributed by atoms with Crippen molar-refractivity contribution in [2.75, 3.05) is 20.1 Å². The maximum absolute atomic E-state index is 7.23. The maximum atomic E-state index is 7.23. The van der Waals surface area contributed by atoms with Crippen LogP contribution in [0.5, 0.6) is 0 Å². The van der Waals surface area contributed by atoms with Gasteiger partial charge in [0.25, 0.3) is 0 Å². The van der Waals surface area contributed by atoms with Gasteiger partial charge in [-0.1, -0.05) is 0 Å². The Labute approximate surface area is 61.7 Å². The third kappa shape index (κ3) is 1.70. The SMILES string of the molecule is CN1CCC[C@H](C(=N)N)C1. The Morgan fingerprint density at radius 2 is 2.40 bits per heavy atom. The van der Waals surface area contributed by atoms with Gasteiger partial charge in [-0.3, -0.25) is 5.41 Å². The van der Waals surface area contributed by atoms with E-state index >= 15 is 0 Å². The fourth-order valence-corrected chi connectivity index (χ4v) is 1.42. The number of nitrogens with two attached hydrogens (primary N) is 1.